The van der Waals surface area contributed by atoms with Crippen molar-refractivity contribution in [2.24, 2.45) is 5.92 Å². The zero-order valence-electron chi connectivity index (χ0n) is 10.4. The Kier molecular flexibility index (Phi) is 2.82. The molecule has 94 valence electrons. The fourth-order valence-corrected chi connectivity index (χ4v) is 2.52. The Morgan fingerprint density at radius 3 is 3.00 bits per heavy atom. The van der Waals surface area contributed by atoms with Crippen LogP contribution in [0.4, 0.5) is 0 Å². The van der Waals surface area contributed by atoms with Crippen LogP contribution in [0.2, 0.25) is 0 Å². The Morgan fingerprint density at radius 1 is 1.28 bits per heavy atom. The molecule has 0 spiro atoms. The van der Waals surface area contributed by atoms with Gasteiger partial charge in [-0.25, -0.2) is 0 Å². The van der Waals surface area contributed by atoms with E-state index in [-0.39, 0.29) is 12.7 Å². The predicted molar refractivity (Wildman–Crippen MR) is 68.6 cm³/mol. The zero-order valence-corrected chi connectivity index (χ0v) is 10.4. The Bertz CT molecular complexity index is 516. The number of fused-ring (bicyclic) bond motifs is 1. The molecule has 1 fully saturated rings. The molecule has 3 nitrogen and oxygen atoms in total. The molecule has 0 aromatic heterocycles. The Labute approximate surface area is 106 Å². The lowest BCUT2D eigenvalue weighted by Crippen LogP contribution is -2.18. The first-order valence-corrected chi connectivity index (χ1v) is 6.38. The minimum Gasteiger partial charge on any atom is -0.454 e. The standard InChI is InChI=1S/C15H16O3/c1-10-3-2-4-12(15(10)16)7-11-5-6-13-14(8-11)18-9-17-13/h5-8,10H,2-4,9H2,1H3/b12-7-. The molecule has 2 aliphatic rings. The lowest BCUT2D eigenvalue weighted by Gasteiger charge is -2.19. The summed E-state index contributed by atoms with van der Waals surface area (Å²) in [7, 11) is 0. The number of ether oxygens (including phenoxy) is 2. The first-order valence-electron chi connectivity index (χ1n) is 6.38. The first kappa shape index (κ1) is 11.3. The van der Waals surface area contributed by atoms with Crippen LogP contribution in [0.5, 0.6) is 11.5 Å². The molecule has 1 heterocycles. The van der Waals surface area contributed by atoms with Gasteiger partial charge in [-0.3, -0.25) is 4.79 Å². The van der Waals surface area contributed by atoms with Gasteiger partial charge in [-0.05, 0) is 48.6 Å². The van der Waals surface area contributed by atoms with E-state index in [1.165, 1.54) is 0 Å². The van der Waals surface area contributed by atoms with E-state index in [0.717, 1.165) is 41.9 Å². The van der Waals surface area contributed by atoms with Crippen LogP contribution in [0, 0.1) is 5.92 Å². The lowest BCUT2D eigenvalue weighted by atomic mass is 9.84. The summed E-state index contributed by atoms with van der Waals surface area (Å²) in [5.74, 6) is 2.00. The molecular weight excluding hydrogens is 228 g/mol. The summed E-state index contributed by atoms with van der Waals surface area (Å²) in [5, 5.41) is 0. The fourth-order valence-electron chi connectivity index (χ4n) is 2.52. The van der Waals surface area contributed by atoms with Crippen LogP contribution in [0.1, 0.15) is 31.7 Å². The van der Waals surface area contributed by atoms with Crippen molar-refractivity contribution >= 4 is 11.9 Å². The van der Waals surface area contributed by atoms with Crippen LogP contribution in [0.25, 0.3) is 6.08 Å². The van der Waals surface area contributed by atoms with E-state index in [1.54, 1.807) is 0 Å². The van der Waals surface area contributed by atoms with Crippen molar-refractivity contribution in [1.29, 1.82) is 0 Å². The molecule has 1 saturated carbocycles. The molecule has 1 aromatic carbocycles. The third-order valence-electron chi connectivity index (χ3n) is 3.58. The molecule has 0 radical (unpaired) electrons. The molecule has 1 aromatic rings. The predicted octanol–water partition coefficient (Wildman–Crippen LogP) is 3.19. The third kappa shape index (κ3) is 2.01. The molecule has 0 bridgehead atoms. The summed E-state index contributed by atoms with van der Waals surface area (Å²) in [6, 6.07) is 5.79. The molecule has 3 rings (SSSR count). The van der Waals surface area contributed by atoms with Crippen molar-refractivity contribution < 1.29 is 14.3 Å². The second-order valence-electron chi connectivity index (χ2n) is 4.94. The van der Waals surface area contributed by atoms with E-state index in [1.807, 2.05) is 31.2 Å². The molecule has 3 heteroatoms. The van der Waals surface area contributed by atoms with E-state index < -0.39 is 0 Å². The van der Waals surface area contributed by atoms with Crippen molar-refractivity contribution in [2.45, 2.75) is 26.2 Å². The highest BCUT2D eigenvalue weighted by Gasteiger charge is 2.22. The van der Waals surface area contributed by atoms with Crippen molar-refractivity contribution in [3.63, 3.8) is 0 Å². The Balaban J connectivity index is 1.89. The molecule has 1 aliphatic heterocycles. The lowest BCUT2D eigenvalue weighted by molar-refractivity contribution is -0.119. The van der Waals surface area contributed by atoms with Crippen molar-refractivity contribution in [2.75, 3.05) is 6.79 Å². The average molecular weight is 244 g/mol. The largest absolute Gasteiger partial charge is 0.454 e. The summed E-state index contributed by atoms with van der Waals surface area (Å²) in [4.78, 5) is 12.0. The van der Waals surface area contributed by atoms with Crippen LogP contribution in [-0.4, -0.2) is 12.6 Å². The summed E-state index contributed by atoms with van der Waals surface area (Å²) >= 11 is 0. The highest BCUT2D eigenvalue weighted by atomic mass is 16.7. The van der Waals surface area contributed by atoms with E-state index in [9.17, 15) is 4.79 Å². The normalized spacial score (nSPS) is 24.6. The molecule has 0 amide bonds. The summed E-state index contributed by atoms with van der Waals surface area (Å²) in [5.41, 5.74) is 1.95. The van der Waals surface area contributed by atoms with Crippen LogP contribution < -0.4 is 9.47 Å². The van der Waals surface area contributed by atoms with Gasteiger partial charge >= 0.3 is 0 Å². The van der Waals surface area contributed by atoms with Crippen molar-refractivity contribution in [3.8, 4) is 11.5 Å². The van der Waals surface area contributed by atoms with E-state index in [0.29, 0.717) is 5.78 Å². The summed E-state index contributed by atoms with van der Waals surface area (Å²) < 4.78 is 10.6. The first-order chi connectivity index (χ1) is 8.74. The quantitative estimate of drug-likeness (QED) is 0.712. The van der Waals surface area contributed by atoms with Crippen molar-refractivity contribution in [3.05, 3.63) is 29.3 Å². The van der Waals surface area contributed by atoms with E-state index >= 15 is 0 Å². The number of ketones is 1. The highest BCUT2D eigenvalue weighted by Crippen LogP contribution is 2.34. The molecule has 1 atom stereocenters. The van der Waals surface area contributed by atoms with Crippen LogP contribution >= 0.6 is 0 Å². The van der Waals surface area contributed by atoms with Gasteiger partial charge in [0.1, 0.15) is 0 Å². The van der Waals surface area contributed by atoms with Gasteiger partial charge in [0.15, 0.2) is 17.3 Å². The van der Waals surface area contributed by atoms with Gasteiger partial charge in [-0.1, -0.05) is 13.0 Å². The van der Waals surface area contributed by atoms with Gasteiger partial charge < -0.3 is 9.47 Å². The van der Waals surface area contributed by atoms with Gasteiger partial charge in [-0.15, -0.1) is 0 Å². The Morgan fingerprint density at radius 2 is 2.11 bits per heavy atom. The van der Waals surface area contributed by atoms with E-state index in [2.05, 4.69) is 0 Å². The maximum Gasteiger partial charge on any atom is 0.231 e. The number of Topliss-reactive ketones (excluding diaryl/α,β-unsaturated/α-hetero) is 1. The Hall–Kier alpha value is -1.77. The number of hydrogen-bond donors (Lipinski definition) is 0. The van der Waals surface area contributed by atoms with Gasteiger partial charge in [0, 0.05) is 5.92 Å². The number of rotatable bonds is 1. The average Bonchev–Trinajstić information content (AvgIpc) is 2.82. The fraction of sp³-hybridized carbons (Fsp3) is 0.400. The molecule has 0 N–H and O–H groups in total. The number of carbonyl (C=O) groups excluding carboxylic acids is 1. The summed E-state index contributed by atoms with van der Waals surface area (Å²) in [6.07, 6.45) is 4.98. The third-order valence-corrected chi connectivity index (χ3v) is 3.58. The van der Waals surface area contributed by atoms with Crippen LogP contribution in [0.3, 0.4) is 0 Å². The molecule has 0 saturated heterocycles. The van der Waals surface area contributed by atoms with Gasteiger partial charge in [-0.2, -0.15) is 0 Å². The maximum atomic E-state index is 12.0. The van der Waals surface area contributed by atoms with Gasteiger partial charge in [0.05, 0.1) is 0 Å². The number of benzene rings is 1. The maximum absolute atomic E-state index is 12.0. The number of carbonyl (C=O) groups is 1. The second-order valence-corrected chi connectivity index (χ2v) is 4.94. The minimum atomic E-state index is 0.166. The minimum absolute atomic E-state index is 0.166. The monoisotopic (exact) mass is 244 g/mol. The number of allylic oxidation sites excluding steroid dienone is 1. The SMILES string of the molecule is CC1CCC/C(=C/c2ccc3c(c2)OCO3)C1=O. The second kappa shape index (κ2) is 4.48. The molecule has 18 heavy (non-hydrogen) atoms. The topological polar surface area (TPSA) is 35.5 Å². The van der Waals surface area contributed by atoms with Crippen LogP contribution in [0.15, 0.2) is 23.8 Å². The van der Waals surface area contributed by atoms with Crippen molar-refractivity contribution in [1.82, 2.24) is 0 Å². The number of hydrogen-bond acceptors (Lipinski definition) is 3. The van der Waals surface area contributed by atoms with Gasteiger partial charge in [0.25, 0.3) is 0 Å². The molecule has 1 aliphatic carbocycles. The molecular formula is C15H16O3. The highest BCUT2D eigenvalue weighted by molar-refractivity contribution is 6.01. The summed E-state index contributed by atoms with van der Waals surface area (Å²) in [6.45, 7) is 2.29. The van der Waals surface area contributed by atoms with E-state index in [4.69, 9.17) is 9.47 Å². The zero-order chi connectivity index (χ0) is 12.5. The smallest absolute Gasteiger partial charge is 0.231 e. The molecule has 1 unspecified atom stereocenters. The van der Waals surface area contributed by atoms with Gasteiger partial charge in [0.2, 0.25) is 6.79 Å². The van der Waals surface area contributed by atoms with Crippen LogP contribution in [-0.2, 0) is 4.79 Å².